The van der Waals surface area contributed by atoms with Crippen LogP contribution in [-0.4, -0.2) is 44.5 Å². The lowest BCUT2D eigenvalue weighted by atomic mass is 10.3. The van der Waals surface area contributed by atoms with Gasteiger partial charge in [-0.2, -0.15) is 15.0 Å². The summed E-state index contributed by atoms with van der Waals surface area (Å²) in [6.45, 7) is 2.08. The fourth-order valence-electron chi connectivity index (χ4n) is 2.38. The van der Waals surface area contributed by atoms with Gasteiger partial charge in [-0.15, -0.1) is 0 Å². The van der Waals surface area contributed by atoms with Crippen LogP contribution >= 0.6 is 0 Å². The van der Waals surface area contributed by atoms with Crippen LogP contribution in [0.5, 0.6) is 0 Å². The molecule has 0 atom stereocenters. The number of aromatic nitrogens is 4. The molecule has 1 amide bonds. The van der Waals surface area contributed by atoms with Gasteiger partial charge in [0.2, 0.25) is 17.8 Å². The van der Waals surface area contributed by atoms with Crippen LogP contribution in [0.2, 0.25) is 0 Å². The van der Waals surface area contributed by atoms with Crippen molar-refractivity contribution < 1.29 is 13.7 Å². The number of carbonyl (C=O) groups excluding carboxylic acids is 1. The van der Waals surface area contributed by atoms with Gasteiger partial charge in [-0.25, -0.2) is 4.39 Å². The molecule has 2 aromatic heterocycles. The van der Waals surface area contributed by atoms with Crippen LogP contribution in [0.4, 0.5) is 27.8 Å². The maximum atomic E-state index is 13.0. The molecule has 1 aromatic carbocycles. The van der Waals surface area contributed by atoms with Crippen LogP contribution in [0.25, 0.3) is 0 Å². The highest BCUT2D eigenvalue weighted by atomic mass is 19.1. The summed E-state index contributed by atoms with van der Waals surface area (Å²) in [5, 5.41) is 9.28. The number of likely N-dealkylation sites (N-methyl/N-ethyl adjacent to an activating group) is 1. The van der Waals surface area contributed by atoms with Gasteiger partial charge >= 0.3 is 0 Å². The standard InChI is InChI=1S/C17H19FN8O2/c1-10-7-13(25-28-10)21-15(27)9-26(2)8-14-22-16(19)24-17(23-14)20-12-5-3-11(18)4-6-12/h3-7H,8-9H2,1-2H3,(H,21,25,27)(H3,19,20,22,23,24). The Morgan fingerprint density at radius 1 is 1.25 bits per heavy atom. The zero-order valence-electron chi connectivity index (χ0n) is 15.3. The molecule has 3 rings (SSSR count). The van der Waals surface area contributed by atoms with E-state index in [4.69, 9.17) is 10.3 Å². The molecule has 0 bridgehead atoms. The monoisotopic (exact) mass is 386 g/mol. The quantitative estimate of drug-likeness (QED) is 0.554. The van der Waals surface area contributed by atoms with Gasteiger partial charge in [-0.05, 0) is 38.2 Å². The number of amides is 1. The molecule has 0 saturated carbocycles. The number of nitrogens with two attached hydrogens (primary N) is 1. The molecular weight excluding hydrogens is 367 g/mol. The summed E-state index contributed by atoms with van der Waals surface area (Å²) in [6, 6.07) is 7.36. The van der Waals surface area contributed by atoms with Gasteiger partial charge in [0.05, 0.1) is 13.1 Å². The number of aryl methyl sites for hydroxylation is 1. The van der Waals surface area contributed by atoms with E-state index in [1.54, 1.807) is 37.1 Å². The van der Waals surface area contributed by atoms with E-state index in [0.717, 1.165) is 0 Å². The van der Waals surface area contributed by atoms with Gasteiger partial charge in [0, 0.05) is 11.8 Å². The molecular formula is C17H19FN8O2. The van der Waals surface area contributed by atoms with Crippen molar-refractivity contribution in [1.82, 2.24) is 25.0 Å². The van der Waals surface area contributed by atoms with Crippen LogP contribution in [0.1, 0.15) is 11.6 Å². The van der Waals surface area contributed by atoms with Crippen molar-refractivity contribution >= 4 is 29.3 Å². The lowest BCUT2D eigenvalue weighted by Gasteiger charge is -2.15. The topological polar surface area (TPSA) is 135 Å². The Hall–Kier alpha value is -3.60. The van der Waals surface area contributed by atoms with E-state index in [-0.39, 0.29) is 36.7 Å². The van der Waals surface area contributed by atoms with E-state index in [2.05, 4.69) is 30.7 Å². The van der Waals surface area contributed by atoms with E-state index < -0.39 is 0 Å². The first-order chi connectivity index (χ1) is 13.4. The Balaban J connectivity index is 1.60. The van der Waals surface area contributed by atoms with Crippen LogP contribution in [0.3, 0.4) is 0 Å². The third kappa shape index (κ3) is 5.45. The van der Waals surface area contributed by atoms with Crippen molar-refractivity contribution in [2.45, 2.75) is 13.5 Å². The number of nitrogen functional groups attached to an aromatic ring is 1. The normalized spacial score (nSPS) is 10.9. The predicted octanol–water partition coefficient (Wildman–Crippen LogP) is 1.70. The molecule has 0 aliphatic carbocycles. The van der Waals surface area contributed by atoms with Gasteiger partial charge in [0.15, 0.2) is 5.82 Å². The molecule has 0 aliphatic heterocycles. The first-order valence-corrected chi connectivity index (χ1v) is 8.32. The summed E-state index contributed by atoms with van der Waals surface area (Å²) in [5.74, 6) is 0.987. The SMILES string of the molecule is Cc1cc(NC(=O)CN(C)Cc2nc(N)nc(Nc3ccc(F)cc3)n2)no1. The van der Waals surface area contributed by atoms with Gasteiger partial charge in [0.25, 0.3) is 0 Å². The Labute approximate surface area is 160 Å². The summed E-state index contributed by atoms with van der Waals surface area (Å²) < 4.78 is 17.9. The molecule has 0 fully saturated rings. The highest BCUT2D eigenvalue weighted by Gasteiger charge is 2.12. The number of halogens is 1. The van der Waals surface area contributed by atoms with E-state index in [9.17, 15) is 9.18 Å². The highest BCUT2D eigenvalue weighted by molar-refractivity contribution is 5.91. The van der Waals surface area contributed by atoms with E-state index >= 15 is 0 Å². The minimum Gasteiger partial charge on any atom is -0.368 e. The lowest BCUT2D eigenvalue weighted by Crippen LogP contribution is -2.30. The fourth-order valence-corrected chi connectivity index (χ4v) is 2.38. The number of hydrogen-bond donors (Lipinski definition) is 3. The fraction of sp³-hybridized carbons (Fsp3) is 0.235. The molecule has 146 valence electrons. The molecule has 0 saturated heterocycles. The first-order valence-electron chi connectivity index (χ1n) is 8.32. The number of anilines is 4. The smallest absolute Gasteiger partial charge is 0.239 e. The summed E-state index contributed by atoms with van der Waals surface area (Å²) in [5.41, 5.74) is 6.35. The Kier molecular flexibility index (Phi) is 5.75. The predicted molar refractivity (Wildman–Crippen MR) is 100 cm³/mol. The summed E-state index contributed by atoms with van der Waals surface area (Å²) >= 11 is 0. The molecule has 28 heavy (non-hydrogen) atoms. The molecule has 3 aromatic rings. The van der Waals surface area contributed by atoms with Crippen molar-refractivity contribution in [2.24, 2.45) is 0 Å². The van der Waals surface area contributed by atoms with Crippen molar-refractivity contribution in [3.63, 3.8) is 0 Å². The number of nitrogens with one attached hydrogen (secondary N) is 2. The molecule has 0 spiro atoms. The second-order valence-corrected chi connectivity index (χ2v) is 6.11. The maximum absolute atomic E-state index is 13.0. The van der Waals surface area contributed by atoms with Gasteiger partial charge in [0.1, 0.15) is 17.4 Å². The van der Waals surface area contributed by atoms with Crippen LogP contribution in [-0.2, 0) is 11.3 Å². The van der Waals surface area contributed by atoms with Crippen LogP contribution in [0, 0.1) is 12.7 Å². The minimum absolute atomic E-state index is 0.0329. The Morgan fingerprint density at radius 2 is 2.00 bits per heavy atom. The summed E-state index contributed by atoms with van der Waals surface area (Å²) in [7, 11) is 1.74. The van der Waals surface area contributed by atoms with Gasteiger partial charge in [-0.3, -0.25) is 9.69 Å². The lowest BCUT2D eigenvalue weighted by molar-refractivity contribution is -0.117. The molecule has 0 unspecified atom stereocenters. The van der Waals surface area contributed by atoms with Crippen molar-refractivity contribution in [3.8, 4) is 0 Å². The largest absolute Gasteiger partial charge is 0.368 e. The zero-order valence-corrected chi connectivity index (χ0v) is 15.3. The third-order valence-corrected chi connectivity index (χ3v) is 3.52. The Morgan fingerprint density at radius 3 is 2.68 bits per heavy atom. The van der Waals surface area contributed by atoms with E-state index in [1.165, 1.54) is 12.1 Å². The third-order valence-electron chi connectivity index (χ3n) is 3.52. The van der Waals surface area contributed by atoms with Crippen molar-refractivity contribution in [2.75, 3.05) is 30.0 Å². The van der Waals surface area contributed by atoms with Gasteiger partial charge < -0.3 is 20.9 Å². The molecule has 0 radical (unpaired) electrons. The number of carbonyl (C=O) groups is 1. The average molecular weight is 386 g/mol. The number of hydrogen-bond acceptors (Lipinski definition) is 9. The second kappa shape index (κ2) is 8.39. The van der Waals surface area contributed by atoms with E-state index in [0.29, 0.717) is 23.1 Å². The number of nitrogens with zero attached hydrogens (tertiary/aromatic N) is 5. The van der Waals surface area contributed by atoms with Crippen molar-refractivity contribution in [3.05, 3.63) is 47.7 Å². The maximum Gasteiger partial charge on any atom is 0.239 e. The first kappa shape index (κ1) is 19.2. The molecule has 10 nitrogen and oxygen atoms in total. The van der Waals surface area contributed by atoms with Crippen LogP contribution in [0.15, 0.2) is 34.9 Å². The molecule has 4 N–H and O–H groups in total. The van der Waals surface area contributed by atoms with Crippen LogP contribution < -0.4 is 16.4 Å². The average Bonchev–Trinajstić information content (AvgIpc) is 3.00. The molecule has 11 heteroatoms. The van der Waals surface area contributed by atoms with E-state index in [1.807, 2.05) is 0 Å². The minimum atomic E-state index is -0.345. The highest BCUT2D eigenvalue weighted by Crippen LogP contribution is 2.14. The van der Waals surface area contributed by atoms with Gasteiger partial charge in [-0.1, -0.05) is 5.16 Å². The number of benzene rings is 1. The molecule has 2 heterocycles. The number of rotatable bonds is 7. The Bertz CT molecular complexity index is 960. The molecule has 0 aliphatic rings. The summed E-state index contributed by atoms with van der Waals surface area (Å²) in [4.78, 5) is 26.1. The second-order valence-electron chi connectivity index (χ2n) is 6.11. The summed E-state index contributed by atoms with van der Waals surface area (Å²) in [6.07, 6.45) is 0. The van der Waals surface area contributed by atoms with Crippen molar-refractivity contribution in [1.29, 1.82) is 0 Å². The zero-order chi connectivity index (χ0) is 20.1.